The molecule has 2 aromatic heterocycles. The summed E-state index contributed by atoms with van der Waals surface area (Å²) >= 11 is 0. The number of aromatic nitrogens is 4. The Labute approximate surface area is 120 Å². The molecular weight excluding hydrogens is 280 g/mol. The molecule has 0 aliphatic rings. The fourth-order valence-corrected chi connectivity index (χ4v) is 1.97. The van der Waals surface area contributed by atoms with E-state index < -0.39 is 12.1 Å². The maximum Gasteiger partial charge on any atom is 0.284 e. The molecule has 6 nitrogen and oxygen atoms in total. The molecule has 0 aliphatic carbocycles. The summed E-state index contributed by atoms with van der Waals surface area (Å²) < 4.78 is 28.5. The molecule has 0 saturated heterocycles. The van der Waals surface area contributed by atoms with Crippen molar-refractivity contribution in [3.05, 3.63) is 29.3 Å². The van der Waals surface area contributed by atoms with E-state index in [0.717, 1.165) is 11.4 Å². The number of nitrogens with zero attached hydrogens (tertiary/aromatic N) is 4. The van der Waals surface area contributed by atoms with Crippen LogP contribution in [0.25, 0.3) is 0 Å². The van der Waals surface area contributed by atoms with Crippen LogP contribution in [-0.4, -0.2) is 25.5 Å². The third kappa shape index (κ3) is 3.65. The zero-order chi connectivity index (χ0) is 15.6. The predicted octanol–water partition coefficient (Wildman–Crippen LogP) is 1.97. The topological polar surface area (TPSA) is 64.7 Å². The quantitative estimate of drug-likeness (QED) is 0.917. The fraction of sp³-hybridized carbons (Fsp3) is 0.462. The standard InChI is InChI=1S/C13H17F2N5O/c1-8-6-9(17-20(8)3)4-5-11(21)16-10-7-19(2)18-12(10)13(14)15/h6-7,13H,4-5H2,1-3H3,(H,16,21). The molecule has 0 bridgehead atoms. The lowest BCUT2D eigenvalue weighted by atomic mass is 10.2. The molecule has 1 amide bonds. The Kier molecular flexibility index (Phi) is 4.35. The second-order valence-corrected chi connectivity index (χ2v) is 4.85. The third-order valence-electron chi connectivity index (χ3n) is 3.11. The van der Waals surface area contributed by atoms with Crippen LogP contribution < -0.4 is 5.32 Å². The number of anilines is 1. The number of aryl methyl sites for hydroxylation is 4. The van der Waals surface area contributed by atoms with Gasteiger partial charge in [-0.1, -0.05) is 0 Å². The predicted molar refractivity (Wildman–Crippen MR) is 73.1 cm³/mol. The van der Waals surface area contributed by atoms with Crippen molar-refractivity contribution in [2.45, 2.75) is 26.2 Å². The van der Waals surface area contributed by atoms with Crippen LogP contribution in [0.2, 0.25) is 0 Å². The van der Waals surface area contributed by atoms with Crippen LogP contribution in [0.4, 0.5) is 14.5 Å². The Balaban J connectivity index is 1.96. The van der Waals surface area contributed by atoms with Crippen LogP contribution in [0, 0.1) is 6.92 Å². The van der Waals surface area contributed by atoms with Gasteiger partial charge < -0.3 is 5.32 Å². The van der Waals surface area contributed by atoms with Gasteiger partial charge in [-0.05, 0) is 13.0 Å². The van der Waals surface area contributed by atoms with Gasteiger partial charge in [0.05, 0.1) is 11.4 Å². The summed E-state index contributed by atoms with van der Waals surface area (Å²) in [6, 6.07) is 1.89. The van der Waals surface area contributed by atoms with Gasteiger partial charge in [-0.2, -0.15) is 10.2 Å². The molecule has 1 N–H and O–H groups in total. The van der Waals surface area contributed by atoms with Crippen molar-refractivity contribution >= 4 is 11.6 Å². The van der Waals surface area contributed by atoms with Gasteiger partial charge in [0.1, 0.15) is 0 Å². The number of alkyl halides is 2. The van der Waals surface area contributed by atoms with Gasteiger partial charge in [0.15, 0.2) is 5.69 Å². The lowest BCUT2D eigenvalue weighted by molar-refractivity contribution is -0.116. The van der Waals surface area contributed by atoms with E-state index in [9.17, 15) is 13.6 Å². The van der Waals surface area contributed by atoms with Gasteiger partial charge in [0.2, 0.25) is 5.91 Å². The molecule has 0 unspecified atom stereocenters. The van der Waals surface area contributed by atoms with Crippen LogP contribution in [-0.2, 0) is 25.3 Å². The molecule has 8 heteroatoms. The van der Waals surface area contributed by atoms with E-state index in [2.05, 4.69) is 15.5 Å². The molecule has 2 heterocycles. The first-order valence-electron chi connectivity index (χ1n) is 6.48. The summed E-state index contributed by atoms with van der Waals surface area (Å²) in [4.78, 5) is 11.8. The molecule has 114 valence electrons. The number of nitrogens with one attached hydrogen (secondary N) is 1. The lowest BCUT2D eigenvalue weighted by Crippen LogP contribution is -2.13. The smallest absolute Gasteiger partial charge is 0.284 e. The van der Waals surface area contributed by atoms with Gasteiger partial charge in [0, 0.05) is 38.8 Å². The average molecular weight is 297 g/mol. The Hall–Kier alpha value is -2.25. The minimum atomic E-state index is -2.72. The SMILES string of the molecule is Cc1cc(CCC(=O)Nc2cn(C)nc2C(F)F)nn1C. The van der Waals surface area contributed by atoms with Crippen molar-refractivity contribution in [1.29, 1.82) is 0 Å². The molecule has 0 aromatic carbocycles. The highest BCUT2D eigenvalue weighted by molar-refractivity contribution is 5.91. The number of halogens is 2. The lowest BCUT2D eigenvalue weighted by Gasteiger charge is -2.04. The molecule has 0 radical (unpaired) electrons. The molecule has 0 spiro atoms. The highest BCUT2D eigenvalue weighted by Gasteiger charge is 2.19. The van der Waals surface area contributed by atoms with E-state index in [0.29, 0.717) is 6.42 Å². The number of amides is 1. The van der Waals surface area contributed by atoms with E-state index in [1.807, 2.05) is 20.0 Å². The second kappa shape index (κ2) is 6.02. The summed E-state index contributed by atoms with van der Waals surface area (Å²) in [5.74, 6) is -0.340. The molecule has 2 rings (SSSR count). The van der Waals surface area contributed by atoms with Gasteiger partial charge >= 0.3 is 0 Å². The monoisotopic (exact) mass is 297 g/mol. The minimum absolute atomic E-state index is 0.0506. The van der Waals surface area contributed by atoms with E-state index in [4.69, 9.17) is 0 Å². The van der Waals surface area contributed by atoms with E-state index >= 15 is 0 Å². The summed E-state index contributed by atoms with van der Waals surface area (Å²) in [7, 11) is 3.35. The molecule has 0 aliphatic heterocycles. The van der Waals surface area contributed by atoms with Crippen molar-refractivity contribution < 1.29 is 13.6 Å². The summed E-state index contributed by atoms with van der Waals surface area (Å²) in [5, 5.41) is 10.3. The maximum atomic E-state index is 12.7. The van der Waals surface area contributed by atoms with Gasteiger partial charge in [-0.15, -0.1) is 0 Å². The summed E-state index contributed by atoms with van der Waals surface area (Å²) in [5.41, 5.74) is 1.43. The average Bonchev–Trinajstić information content (AvgIpc) is 2.91. The minimum Gasteiger partial charge on any atom is -0.323 e. The Morgan fingerprint density at radius 2 is 2.10 bits per heavy atom. The Bertz CT molecular complexity index is 628. The highest BCUT2D eigenvalue weighted by Crippen LogP contribution is 2.25. The Morgan fingerprint density at radius 3 is 2.67 bits per heavy atom. The molecular formula is C13H17F2N5O. The zero-order valence-electron chi connectivity index (χ0n) is 12.1. The van der Waals surface area contributed by atoms with Gasteiger partial charge in [-0.3, -0.25) is 14.2 Å². The maximum absolute atomic E-state index is 12.7. The summed E-state index contributed by atoms with van der Waals surface area (Å²) in [6.45, 7) is 1.92. The van der Waals surface area contributed by atoms with Gasteiger partial charge in [-0.25, -0.2) is 8.78 Å². The molecule has 0 saturated carbocycles. The first-order valence-corrected chi connectivity index (χ1v) is 6.48. The molecule has 0 fully saturated rings. The van der Waals surface area contributed by atoms with E-state index in [1.165, 1.54) is 17.9 Å². The van der Waals surface area contributed by atoms with Crippen molar-refractivity contribution in [2.24, 2.45) is 14.1 Å². The van der Waals surface area contributed by atoms with E-state index in [1.54, 1.807) is 4.68 Å². The highest BCUT2D eigenvalue weighted by atomic mass is 19.3. The zero-order valence-corrected chi connectivity index (χ0v) is 12.1. The number of hydrogen-bond acceptors (Lipinski definition) is 3. The fourth-order valence-electron chi connectivity index (χ4n) is 1.97. The van der Waals surface area contributed by atoms with Crippen LogP contribution >= 0.6 is 0 Å². The van der Waals surface area contributed by atoms with Crippen molar-refractivity contribution in [2.75, 3.05) is 5.32 Å². The van der Waals surface area contributed by atoms with Crippen molar-refractivity contribution in [3.63, 3.8) is 0 Å². The molecule has 0 atom stereocenters. The van der Waals surface area contributed by atoms with Crippen LogP contribution in [0.1, 0.15) is 29.9 Å². The molecule has 2 aromatic rings. The number of hydrogen-bond donors (Lipinski definition) is 1. The van der Waals surface area contributed by atoms with Crippen molar-refractivity contribution in [3.8, 4) is 0 Å². The first-order chi connectivity index (χ1) is 9.86. The largest absolute Gasteiger partial charge is 0.323 e. The molecule has 21 heavy (non-hydrogen) atoms. The van der Waals surface area contributed by atoms with Crippen LogP contribution in [0.3, 0.4) is 0 Å². The van der Waals surface area contributed by atoms with Crippen LogP contribution in [0.15, 0.2) is 12.3 Å². The Morgan fingerprint density at radius 1 is 1.38 bits per heavy atom. The van der Waals surface area contributed by atoms with Crippen molar-refractivity contribution in [1.82, 2.24) is 19.6 Å². The number of carbonyl (C=O) groups excluding carboxylic acids is 1. The normalized spacial score (nSPS) is 11.1. The summed E-state index contributed by atoms with van der Waals surface area (Å²) in [6.07, 6.45) is -0.726. The third-order valence-corrected chi connectivity index (χ3v) is 3.11. The number of carbonyl (C=O) groups is 1. The number of rotatable bonds is 5. The van der Waals surface area contributed by atoms with E-state index in [-0.39, 0.29) is 18.0 Å². The first kappa shape index (κ1) is 15.1. The van der Waals surface area contributed by atoms with Crippen LogP contribution in [0.5, 0.6) is 0 Å². The van der Waals surface area contributed by atoms with Gasteiger partial charge in [0.25, 0.3) is 6.43 Å². The second-order valence-electron chi connectivity index (χ2n) is 4.85.